The van der Waals surface area contributed by atoms with E-state index >= 15 is 0 Å². The summed E-state index contributed by atoms with van der Waals surface area (Å²) in [4.78, 5) is 24.1. The van der Waals surface area contributed by atoms with E-state index in [-0.39, 0.29) is 11.8 Å². The van der Waals surface area contributed by atoms with Crippen molar-refractivity contribution < 1.29 is 9.53 Å². The smallest absolute Gasteiger partial charge is 0.257 e. The molecule has 1 fully saturated rings. The molecule has 1 aromatic carbocycles. The molecule has 1 aromatic heterocycles. The second-order valence-corrected chi connectivity index (χ2v) is 7.46. The van der Waals surface area contributed by atoms with Crippen molar-refractivity contribution in [3.8, 4) is 5.75 Å². The predicted octanol–water partition coefficient (Wildman–Crippen LogP) is 3.47. The van der Waals surface area contributed by atoms with Crippen LogP contribution in [0.3, 0.4) is 0 Å². The average molecular weight is 351 g/mol. The molecular formula is C21H25N3O2. The first-order valence-electron chi connectivity index (χ1n) is 9.36. The Kier molecular flexibility index (Phi) is 4.39. The number of hydrogen-bond donors (Lipinski definition) is 0. The lowest BCUT2D eigenvalue weighted by atomic mass is 9.95. The quantitative estimate of drug-likeness (QED) is 0.850. The molecule has 2 aliphatic rings. The second-order valence-electron chi connectivity index (χ2n) is 7.46. The summed E-state index contributed by atoms with van der Waals surface area (Å²) in [6, 6.07) is 6.24. The minimum atomic E-state index is 0.0681. The number of amides is 1. The van der Waals surface area contributed by atoms with Gasteiger partial charge in [-0.15, -0.1) is 0 Å². The molecule has 1 unspecified atom stereocenters. The van der Waals surface area contributed by atoms with Crippen molar-refractivity contribution in [2.24, 2.45) is 0 Å². The van der Waals surface area contributed by atoms with Gasteiger partial charge in [0.05, 0.1) is 18.4 Å². The van der Waals surface area contributed by atoms with Gasteiger partial charge in [-0.05, 0) is 55.4 Å². The molecular weight excluding hydrogens is 326 g/mol. The Bertz CT molecular complexity index is 845. The van der Waals surface area contributed by atoms with Crippen LogP contribution in [-0.4, -0.2) is 41.0 Å². The fourth-order valence-corrected chi connectivity index (χ4v) is 3.84. The van der Waals surface area contributed by atoms with Crippen LogP contribution >= 0.6 is 0 Å². The molecule has 0 radical (unpaired) electrons. The van der Waals surface area contributed by atoms with Gasteiger partial charge >= 0.3 is 0 Å². The zero-order valence-electron chi connectivity index (χ0n) is 15.7. The van der Waals surface area contributed by atoms with Crippen LogP contribution in [0.5, 0.6) is 5.75 Å². The van der Waals surface area contributed by atoms with Crippen molar-refractivity contribution in [1.29, 1.82) is 0 Å². The number of aromatic nitrogens is 2. The predicted molar refractivity (Wildman–Crippen MR) is 99.8 cm³/mol. The van der Waals surface area contributed by atoms with E-state index in [0.29, 0.717) is 18.0 Å². The maximum atomic E-state index is 13.3. The average Bonchev–Trinajstić information content (AvgIpc) is 3.49. The maximum Gasteiger partial charge on any atom is 0.257 e. The Morgan fingerprint density at radius 3 is 2.85 bits per heavy atom. The molecule has 5 heteroatoms. The molecule has 2 aromatic rings. The number of nitrogens with zero attached hydrogens (tertiary/aromatic N) is 3. The Hall–Kier alpha value is -2.43. The van der Waals surface area contributed by atoms with Gasteiger partial charge in [0.2, 0.25) is 0 Å². The van der Waals surface area contributed by atoms with E-state index in [1.807, 2.05) is 17.9 Å². The molecule has 0 bridgehead atoms. The first kappa shape index (κ1) is 17.0. The van der Waals surface area contributed by atoms with Gasteiger partial charge in [0.1, 0.15) is 11.6 Å². The van der Waals surface area contributed by atoms with Crippen LogP contribution in [0.1, 0.15) is 64.6 Å². The normalized spacial score (nSPS) is 19.7. The van der Waals surface area contributed by atoms with Crippen LogP contribution in [0.4, 0.5) is 0 Å². The van der Waals surface area contributed by atoms with Gasteiger partial charge in [0, 0.05) is 25.2 Å². The van der Waals surface area contributed by atoms with Crippen molar-refractivity contribution in [3.63, 3.8) is 0 Å². The SMILES string of the molecule is COc1ccc2c(c1)C(C)CN(C(=O)c1cnc(C)nc1C1CC1)CC2. The molecule has 136 valence electrons. The van der Waals surface area contributed by atoms with Crippen molar-refractivity contribution in [2.45, 2.75) is 44.9 Å². The molecule has 1 aliphatic heterocycles. The highest BCUT2D eigenvalue weighted by atomic mass is 16.5. The summed E-state index contributed by atoms with van der Waals surface area (Å²) in [6.45, 7) is 5.49. The first-order chi connectivity index (χ1) is 12.6. The van der Waals surface area contributed by atoms with Crippen LogP contribution in [0.15, 0.2) is 24.4 Å². The number of carbonyl (C=O) groups is 1. The van der Waals surface area contributed by atoms with E-state index in [9.17, 15) is 4.79 Å². The van der Waals surface area contributed by atoms with Gasteiger partial charge in [-0.25, -0.2) is 9.97 Å². The number of aryl methyl sites for hydroxylation is 1. The molecule has 4 rings (SSSR count). The highest BCUT2D eigenvalue weighted by Crippen LogP contribution is 2.41. The highest BCUT2D eigenvalue weighted by Gasteiger charge is 2.32. The minimum Gasteiger partial charge on any atom is -0.497 e. The number of benzene rings is 1. The lowest BCUT2D eigenvalue weighted by molar-refractivity contribution is 0.0752. The largest absolute Gasteiger partial charge is 0.497 e. The number of hydrogen-bond acceptors (Lipinski definition) is 4. The molecule has 1 amide bonds. The molecule has 26 heavy (non-hydrogen) atoms. The fourth-order valence-electron chi connectivity index (χ4n) is 3.84. The van der Waals surface area contributed by atoms with Gasteiger partial charge in [-0.2, -0.15) is 0 Å². The second kappa shape index (κ2) is 6.71. The minimum absolute atomic E-state index is 0.0681. The third-order valence-corrected chi connectivity index (χ3v) is 5.45. The third-order valence-electron chi connectivity index (χ3n) is 5.45. The number of rotatable bonds is 3. The van der Waals surface area contributed by atoms with E-state index in [2.05, 4.69) is 29.0 Å². The highest BCUT2D eigenvalue weighted by molar-refractivity contribution is 5.95. The Morgan fingerprint density at radius 1 is 1.31 bits per heavy atom. The number of ether oxygens (including phenoxy) is 1. The van der Waals surface area contributed by atoms with Crippen LogP contribution < -0.4 is 4.74 Å². The van der Waals surface area contributed by atoms with Gasteiger partial charge < -0.3 is 9.64 Å². The zero-order chi connectivity index (χ0) is 18.3. The fraction of sp³-hybridized carbons (Fsp3) is 0.476. The third kappa shape index (κ3) is 3.18. The lowest BCUT2D eigenvalue weighted by Crippen LogP contribution is -2.35. The molecule has 1 saturated carbocycles. The van der Waals surface area contributed by atoms with E-state index in [0.717, 1.165) is 43.1 Å². The molecule has 1 atom stereocenters. The summed E-state index contributed by atoms with van der Waals surface area (Å²) in [5.41, 5.74) is 4.21. The van der Waals surface area contributed by atoms with E-state index in [1.54, 1.807) is 13.3 Å². The summed E-state index contributed by atoms with van der Waals surface area (Å²) < 4.78 is 5.38. The summed E-state index contributed by atoms with van der Waals surface area (Å²) in [5, 5.41) is 0. The molecule has 5 nitrogen and oxygen atoms in total. The first-order valence-corrected chi connectivity index (χ1v) is 9.36. The summed E-state index contributed by atoms with van der Waals surface area (Å²) >= 11 is 0. The van der Waals surface area contributed by atoms with E-state index in [4.69, 9.17) is 4.74 Å². The van der Waals surface area contributed by atoms with Crippen LogP contribution in [0.25, 0.3) is 0 Å². The Balaban J connectivity index is 1.61. The number of fused-ring (bicyclic) bond motifs is 1. The zero-order valence-corrected chi connectivity index (χ0v) is 15.7. The molecule has 2 heterocycles. The molecule has 0 N–H and O–H groups in total. The molecule has 0 saturated heterocycles. The van der Waals surface area contributed by atoms with Crippen molar-refractivity contribution >= 4 is 5.91 Å². The van der Waals surface area contributed by atoms with Gasteiger partial charge in [-0.3, -0.25) is 4.79 Å². The Morgan fingerprint density at radius 2 is 2.12 bits per heavy atom. The van der Waals surface area contributed by atoms with E-state index in [1.165, 1.54) is 11.1 Å². The summed E-state index contributed by atoms with van der Waals surface area (Å²) in [7, 11) is 1.69. The topological polar surface area (TPSA) is 55.3 Å². The van der Waals surface area contributed by atoms with E-state index < -0.39 is 0 Å². The van der Waals surface area contributed by atoms with Crippen LogP contribution in [0.2, 0.25) is 0 Å². The monoisotopic (exact) mass is 351 g/mol. The summed E-state index contributed by atoms with van der Waals surface area (Å²) in [5.74, 6) is 2.38. The standard InChI is InChI=1S/C21H25N3O2/c1-13-12-24(9-8-15-6-7-17(26-3)10-18(13)15)21(25)19-11-22-14(2)23-20(19)16-4-5-16/h6-7,10-11,13,16H,4-5,8-9,12H2,1-3H3. The van der Waals surface area contributed by atoms with Crippen molar-refractivity contribution in [3.05, 3.63) is 52.6 Å². The summed E-state index contributed by atoms with van der Waals surface area (Å²) in [6.07, 6.45) is 4.84. The molecule has 1 aliphatic carbocycles. The maximum absolute atomic E-state index is 13.3. The lowest BCUT2D eigenvalue weighted by Gasteiger charge is -2.24. The number of carbonyl (C=O) groups excluding carboxylic acids is 1. The molecule has 0 spiro atoms. The van der Waals surface area contributed by atoms with Gasteiger partial charge in [0.15, 0.2) is 0 Å². The van der Waals surface area contributed by atoms with Gasteiger partial charge in [-0.1, -0.05) is 13.0 Å². The van der Waals surface area contributed by atoms with Gasteiger partial charge in [0.25, 0.3) is 5.91 Å². The number of methoxy groups -OCH3 is 1. The van der Waals surface area contributed by atoms with Crippen molar-refractivity contribution in [2.75, 3.05) is 20.2 Å². The van der Waals surface area contributed by atoms with Crippen LogP contribution in [0, 0.1) is 6.92 Å². The Labute approximate surface area is 154 Å². The van der Waals surface area contributed by atoms with Crippen LogP contribution in [-0.2, 0) is 6.42 Å². The van der Waals surface area contributed by atoms with Crippen molar-refractivity contribution in [1.82, 2.24) is 14.9 Å².